The summed E-state index contributed by atoms with van der Waals surface area (Å²) in [4.78, 5) is 1.72. The molecular weight excluding hydrogens is 633 g/mol. The highest BCUT2D eigenvalue weighted by molar-refractivity contribution is 7.89. The van der Waals surface area contributed by atoms with Crippen molar-refractivity contribution in [3.05, 3.63) is 83.9 Å². The molecule has 1 aliphatic heterocycles. The average Bonchev–Trinajstić information content (AvgIpc) is 3.67. The maximum absolute atomic E-state index is 13.8. The van der Waals surface area contributed by atoms with Gasteiger partial charge in [-0.1, -0.05) is 24.3 Å². The highest BCUT2D eigenvalue weighted by Crippen LogP contribution is 2.36. The van der Waals surface area contributed by atoms with Gasteiger partial charge in [0.05, 0.1) is 0 Å². The van der Waals surface area contributed by atoms with Crippen molar-refractivity contribution in [3.63, 3.8) is 0 Å². The normalized spacial score (nSPS) is 15.2. The molecule has 0 unspecified atom stereocenters. The highest BCUT2D eigenvalue weighted by atomic mass is 32.2. The number of benzene rings is 4. The Labute approximate surface area is 263 Å². The van der Waals surface area contributed by atoms with E-state index in [0.29, 0.717) is 33.2 Å². The van der Waals surface area contributed by atoms with Gasteiger partial charge in [0.2, 0.25) is 20.0 Å². The van der Waals surface area contributed by atoms with Crippen LogP contribution in [0.25, 0.3) is 33.4 Å². The van der Waals surface area contributed by atoms with Crippen LogP contribution in [0.1, 0.15) is 11.1 Å². The number of fused-ring (bicyclic) bond motifs is 2. The summed E-state index contributed by atoms with van der Waals surface area (Å²) in [6.07, 6.45) is 0. The van der Waals surface area contributed by atoms with Gasteiger partial charge in [0.25, 0.3) is 0 Å². The number of hydrogen-bond donors (Lipinski definition) is 2. The molecule has 1 saturated heterocycles. The van der Waals surface area contributed by atoms with Crippen molar-refractivity contribution < 1.29 is 27.0 Å². The summed E-state index contributed by atoms with van der Waals surface area (Å²) in [7, 11) is -8.51. The number of phenolic OH excluding ortho intramolecular Hbond substituents is 2. The second kappa shape index (κ2) is 10.9. The first-order valence-electron chi connectivity index (χ1n) is 14.3. The Kier molecular flexibility index (Phi) is 7.04. The van der Waals surface area contributed by atoms with Gasteiger partial charge in [-0.05, 0) is 73.5 Å². The number of hydrogen-bond acceptors (Lipinski definition) is 10. The molecule has 1 fully saturated rings. The molecule has 6 aromatic rings. The summed E-state index contributed by atoms with van der Waals surface area (Å²) in [6, 6.07) is 20.1. The van der Waals surface area contributed by atoms with Gasteiger partial charge in [-0.25, -0.2) is 16.8 Å². The molecule has 0 spiro atoms. The predicted molar refractivity (Wildman–Crippen MR) is 168 cm³/mol. The number of aryl methyl sites for hydroxylation is 2. The third-order valence-corrected chi connectivity index (χ3v) is 11.7. The zero-order chi connectivity index (χ0) is 32.4. The molecule has 236 valence electrons. The zero-order valence-electron chi connectivity index (χ0n) is 24.7. The van der Waals surface area contributed by atoms with E-state index in [1.807, 2.05) is 0 Å². The van der Waals surface area contributed by atoms with Gasteiger partial charge in [0.15, 0.2) is 11.5 Å². The Balaban J connectivity index is 1.16. The quantitative estimate of drug-likeness (QED) is 0.270. The van der Waals surface area contributed by atoms with Gasteiger partial charge in [0.1, 0.15) is 43.2 Å². The Bertz CT molecular complexity index is 2150. The SMILES string of the molecule is Cc1cc(-n2nc3ccccc3n2)c(O)c(S(=O)(=O)N2CCN(S(=O)(=O)c3cc(C)cc(-n4nc5ccccc5n4)c3O)CC2)c1. The van der Waals surface area contributed by atoms with Gasteiger partial charge in [0, 0.05) is 26.2 Å². The summed E-state index contributed by atoms with van der Waals surface area (Å²) >= 11 is 0. The number of aromatic hydroxyl groups is 2. The van der Waals surface area contributed by atoms with E-state index < -0.39 is 31.5 Å². The van der Waals surface area contributed by atoms with E-state index in [4.69, 9.17) is 0 Å². The Hall–Kier alpha value is -4.90. The summed E-state index contributed by atoms with van der Waals surface area (Å²) in [5.74, 6) is -1.03. The third kappa shape index (κ3) is 4.95. The molecule has 0 aliphatic carbocycles. The van der Waals surface area contributed by atoms with Crippen molar-refractivity contribution in [2.45, 2.75) is 23.6 Å². The fourth-order valence-corrected chi connectivity index (χ4v) is 8.73. The first kappa shape index (κ1) is 29.8. The smallest absolute Gasteiger partial charge is 0.246 e. The van der Waals surface area contributed by atoms with Crippen LogP contribution in [0.3, 0.4) is 0 Å². The average molecular weight is 661 g/mol. The molecular formula is C30H28N8O6S2. The maximum atomic E-state index is 13.8. The van der Waals surface area contributed by atoms with E-state index in [-0.39, 0.29) is 47.3 Å². The van der Waals surface area contributed by atoms with E-state index in [1.165, 1.54) is 21.7 Å². The molecule has 2 N–H and O–H groups in total. The number of aromatic nitrogens is 6. The third-order valence-electron chi connectivity index (χ3n) is 7.84. The van der Waals surface area contributed by atoms with Crippen LogP contribution in [-0.2, 0) is 20.0 Å². The molecule has 0 atom stereocenters. The molecule has 0 radical (unpaired) electrons. The fraction of sp³-hybridized carbons (Fsp3) is 0.200. The molecule has 14 nitrogen and oxygen atoms in total. The van der Waals surface area contributed by atoms with Gasteiger partial charge in [-0.2, -0.15) is 8.61 Å². The Morgan fingerprint density at radius 2 is 0.848 bits per heavy atom. The first-order valence-corrected chi connectivity index (χ1v) is 17.1. The monoisotopic (exact) mass is 660 g/mol. The van der Waals surface area contributed by atoms with Crippen LogP contribution < -0.4 is 0 Å². The minimum atomic E-state index is -4.26. The number of piperazine rings is 1. The van der Waals surface area contributed by atoms with Crippen molar-refractivity contribution in [2.75, 3.05) is 26.2 Å². The summed E-state index contributed by atoms with van der Waals surface area (Å²) < 4.78 is 57.5. The number of nitrogens with zero attached hydrogens (tertiary/aromatic N) is 8. The summed E-state index contributed by atoms with van der Waals surface area (Å²) in [5.41, 5.74) is 3.61. The lowest BCUT2D eigenvalue weighted by Crippen LogP contribution is -2.50. The molecule has 0 bridgehead atoms. The van der Waals surface area contributed by atoms with Crippen LogP contribution in [0, 0.1) is 13.8 Å². The van der Waals surface area contributed by atoms with E-state index in [2.05, 4.69) is 20.4 Å². The van der Waals surface area contributed by atoms with Crippen LogP contribution >= 0.6 is 0 Å². The van der Waals surface area contributed by atoms with E-state index in [9.17, 15) is 27.0 Å². The molecule has 0 amide bonds. The van der Waals surface area contributed by atoms with Crippen LogP contribution in [0.2, 0.25) is 0 Å². The minimum Gasteiger partial charge on any atom is -0.504 e. The lowest BCUT2D eigenvalue weighted by atomic mass is 10.2. The number of rotatable bonds is 6. The summed E-state index contributed by atoms with van der Waals surface area (Å²) in [5, 5.41) is 39.8. The molecule has 4 aromatic carbocycles. The number of phenols is 2. The number of sulfonamides is 2. The van der Waals surface area contributed by atoms with Crippen LogP contribution in [0.15, 0.2) is 82.6 Å². The van der Waals surface area contributed by atoms with Crippen LogP contribution in [0.4, 0.5) is 0 Å². The van der Waals surface area contributed by atoms with Crippen molar-refractivity contribution in [1.29, 1.82) is 0 Å². The van der Waals surface area contributed by atoms with Gasteiger partial charge >= 0.3 is 0 Å². The highest BCUT2D eigenvalue weighted by Gasteiger charge is 2.37. The van der Waals surface area contributed by atoms with E-state index in [0.717, 1.165) is 8.61 Å². The Morgan fingerprint density at radius 3 is 1.15 bits per heavy atom. The molecule has 2 aromatic heterocycles. The van der Waals surface area contributed by atoms with Crippen molar-refractivity contribution >= 4 is 42.1 Å². The minimum absolute atomic E-state index is 0.0984. The Morgan fingerprint density at radius 1 is 0.543 bits per heavy atom. The largest absolute Gasteiger partial charge is 0.504 e. The van der Waals surface area contributed by atoms with E-state index >= 15 is 0 Å². The lowest BCUT2D eigenvalue weighted by Gasteiger charge is -2.33. The zero-order valence-corrected chi connectivity index (χ0v) is 26.3. The molecule has 16 heteroatoms. The fourth-order valence-electron chi connectivity index (χ4n) is 5.52. The van der Waals surface area contributed by atoms with Crippen LogP contribution in [0.5, 0.6) is 11.5 Å². The summed E-state index contributed by atoms with van der Waals surface area (Å²) in [6.45, 7) is 2.66. The first-order chi connectivity index (χ1) is 21.9. The molecule has 0 saturated carbocycles. The second-order valence-electron chi connectivity index (χ2n) is 11.0. The second-order valence-corrected chi connectivity index (χ2v) is 14.8. The standard InChI is InChI=1S/C30H28N8O6S2/c1-19-15-25(37-31-21-7-3-4-8-22(21)32-37)29(39)27(17-19)45(41,42)35-11-13-36(14-12-35)46(43,44)28-18-20(2)16-26(30(28)40)38-33-23-9-5-6-10-24(23)34-38/h3-10,15-18,39-40H,11-14H2,1-2H3. The van der Waals surface area contributed by atoms with Crippen molar-refractivity contribution in [1.82, 2.24) is 38.6 Å². The van der Waals surface area contributed by atoms with Crippen molar-refractivity contribution in [3.8, 4) is 22.9 Å². The molecule has 1 aliphatic rings. The lowest BCUT2D eigenvalue weighted by molar-refractivity contribution is 0.271. The topological polar surface area (TPSA) is 177 Å². The molecule has 7 rings (SSSR count). The van der Waals surface area contributed by atoms with Crippen LogP contribution in [-0.4, -0.2) is 91.8 Å². The van der Waals surface area contributed by atoms with Gasteiger partial charge in [-0.3, -0.25) is 0 Å². The van der Waals surface area contributed by atoms with Gasteiger partial charge < -0.3 is 10.2 Å². The van der Waals surface area contributed by atoms with Crippen molar-refractivity contribution in [2.24, 2.45) is 0 Å². The molecule has 46 heavy (non-hydrogen) atoms. The van der Waals surface area contributed by atoms with Gasteiger partial charge in [-0.15, -0.1) is 30.0 Å². The van der Waals surface area contributed by atoms with E-state index in [1.54, 1.807) is 74.5 Å². The maximum Gasteiger partial charge on any atom is 0.246 e. The predicted octanol–water partition coefficient (Wildman–Crippen LogP) is 2.88. The molecule has 3 heterocycles.